The zero-order valence-corrected chi connectivity index (χ0v) is 11.1. The van der Waals surface area contributed by atoms with E-state index in [2.05, 4.69) is 60.7 Å². The van der Waals surface area contributed by atoms with E-state index in [9.17, 15) is 0 Å². The van der Waals surface area contributed by atoms with Crippen molar-refractivity contribution < 1.29 is 0 Å². The molecule has 0 fully saturated rings. The average molecular weight is 255 g/mol. The molecule has 0 bridgehead atoms. The second kappa shape index (κ2) is 7.88. The first-order chi connectivity index (χ1) is 6.61. The van der Waals surface area contributed by atoms with E-state index >= 15 is 0 Å². The summed E-state index contributed by atoms with van der Waals surface area (Å²) in [4.78, 5) is 0. The molecule has 0 aromatic carbocycles. The van der Waals surface area contributed by atoms with Crippen LogP contribution >= 0.6 is 15.9 Å². The van der Waals surface area contributed by atoms with Gasteiger partial charge in [0, 0.05) is 6.42 Å². The van der Waals surface area contributed by atoms with Gasteiger partial charge in [0.15, 0.2) is 0 Å². The summed E-state index contributed by atoms with van der Waals surface area (Å²) in [7, 11) is 0. The molecule has 1 heteroatoms. The predicted molar refractivity (Wildman–Crippen MR) is 68.3 cm³/mol. The molecule has 0 nitrogen and oxygen atoms in total. The van der Waals surface area contributed by atoms with Crippen molar-refractivity contribution in [3.05, 3.63) is 22.2 Å². The van der Waals surface area contributed by atoms with Crippen LogP contribution in [-0.4, -0.2) is 0 Å². The Labute approximate surface area is 96.6 Å². The minimum Gasteiger partial charge on any atom is -0.0967 e. The van der Waals surface area contributed by atoms with E-state index in [0.29, 0.717) is 5.92 Å². The molecule has 0 aliphatic rings. The number of allylic oxidation sites excluding steroid dienone is 4. The van der Waals surface area contributed by atoms with Crippen molar-refractivity contribution in [1.29, 1.82) is 0 Å². The zero-order valence-electron chi connectivity index (χ0n) is 9.52. The maximum absolute atomic E-state index is 3.48. The Kier molecular flexibility index (Phi) is 7.61. The Morgan fingerprint density at radius 3 is 2.64 bits per heavy atom. The maximum Gasteiger partial charge on any atom is 0.0663 e. The molecule has 0 amide bonds. The zero-order chi connectivity index (χ0) is 11.0. The fourth-order valence-corrected chi connectivity index (χ4v) is 1.37. The van der Waals surface area contributed by atoms with Crippen molar-refractivity contribution >= 4 is 15.9 Å². The van der Waals surface area contributed by atoms with Gasteiger partial charge in [-0.25, -0.2) is 0 Å². The van der Waals surface area contributed by atoms with Gasteiger partial charge in [-0.1, -0.05) is 43.4 Å². The van der Waals surface area contributed by atoms with E-state index in [1.807, 2.05) is 6.92 Å². The molecule has 78 valence electrons. The molecular weight excluding hydrogens is 236 g/mol. The van der Waals surface area contributed by atoms with Crippen LogP contribution in [0.2, 0.25) is 0 Å². The fourth-order valence-electron chi connectivity index (χ4n) is 0.948. The highest BCUT2D eigenvalue weighted by atomic mass is 79.9. The molecule has 0 radical (unpaired) electrons. The van der Waals surface area contributed by atoms with Crippen LogP contribution in [0, 0.1) is 17.8 Å². The van der Waals surface area contributed by atoms with Crippen molar-refractivity contribution in [3.63, 3.8) is 0 Å². The summed E-state index contributed by atoms with van der Waals surface area (Å²) in [6.45, 7) is 8.47. The largest absolute Gasteiger partial charge is 0.0967 e. The lowest BCUT2D eigenvalue weighted by Crippen LogP contribution is -1.85. The Morgan fingerprint density at radius 2 is 2.14 bits per heavy atom. The van der Waals surface area contributed by atoms with E-state index in [4.69, 9.17) is 0 Å². The Hall–Kier alpha value is -0.480. The molecule has 0 aliphatic heterocycles. The summed E-state index contributed by atoms with van der Waals surface area (Å²) in [5.74, 6) is 6.86. The monoisotopic (exact) mass is 254 g/mol. The first-order valence-electron chi connectivity index (χ1n) is 5.08. The summed E-state index contributed by atoms with van der Waals surface area (Å²) >= 11 is 3.48. The topological polar surface area (TPSA) is 0 Å². The van der Waals surface area contributed by atoms with Crippen LogP contribution in [0.1, 0.15) is 40.5 Å². The lowest BCUT2D eigenvalue weighted by atomic mass is 10.1. The van der Waals surface area contributed by atoms with Crippen LogP contribution in [0.25, 0.3) is 0 Å². The highest BCUT2D eigenvalue weighted by molar-refractivity contribution is 9.12. The Balaban J connectivity index is 4.19. The van der Waals surface area contributed by atoms with Gasteiger partial charge < -0.3 is 0 Å². The molecule has 1 unspecified atom stereocenters. The van der Waals surface area contributed by atoms with Gasteiger partial charge in [-0.05, 0) is 42.1 Å². The number of halogens is 1. The first kappa shape index (κ1) is 13.5. The van der Waals surface area contributed by atoms with Crippen LogP contribution in [0.5, 0.6) is 0 Å². The van der Waals surface area contributed by atoms with Gasteiger partial charge in [0.25, 0.3) is 0 Å². The minimum atomic E-state index is 0.551. The van der Waals surface area contributed by atoms with Gasteiger partial charge in [-0.15, -0.1) is 0 Å². The van der Waals surface area contributed by atoms with Gasteiger partial charge in [0.1, 0.15) is 0 Å². The molecule has 0 rings (SSSR count). The van der Waals surface area contributed by atoms with E-state index in [1.165, 1.54) is 5.57 Å². The summed E-state index contributed by atoms with van der Waals surface area (Å²) in [5, 5.41) is 0. The summed E-state index contributed by atoms with van der Waals surface area (Å²) < 4.78 is 1.05. The maximum atomic E-state index is 3.48. The van der Waals surface area contributed by atoms with Crippen molar-refractivity contribution in [1.82, 2.24) is 0 Å². The third kappa shape index (κ3) is 6.05. The molecule has 0 saturated heterocycles. The highest BCUT2D eigenvalue weighted by Crippen LogP contribution is 2.13. The molecular formula is C13H19Br. The molecule has 0 aliphatic carbocycles. The molecule has 0 spiro atoms. The highest BCUT2D eigenvalue weighted by Gasteiger charge is 1.93. The van der Waals surface area contributed by atoms with Gasteiger partial charge in [0.05, 0.1) is 4.48 Å². The van der Waals surface area contributed by atoms with Crippen LogP contribution < -0.4 is 0 Å². The van der Waals surface area contributed by atoms with E-state index in [-0.39, 0.29) is 0 Å². The van der Waals surface area contributed by atoms with Crippen molar-refractivity contribution in [2.45, 2.75) is 40.5 Å². The Morgan fingerprint density at radius 1 is 1.50 bits per heavy atom. The van der Waals surface area contributed by atoms with Gasteiger partial charge in [0.2, 0.25) is 0 Å². The molecule has 0 aromatic heterocycles. The second-order valence-corrected chi connectivity index (χ2v) is 4.25. The summed E-state index contributed by atoms with van der Waals surface area (Å²) in [6, 6.07) is 0. The Bertz CT molecular complexity index is 273. The second-order valence-electron chi connectivity index (χ2n) is 3.46. The molecule has 1 atom stereocenters. The lowest BCUT2D eigenvalue weighted by Gasteiger charge is -1.98. The van der Waals surface area contributed by atoms with Crippen molar-refractivity contribution in [2.24, 2.45) is 5.92 Å². The molecule has 14 heavy (non-hydrogen) atoms. The van der Waals surface area contributed by atoms with Crippen LogP contribution in [0.3, 0.4) is 0 Å². The average Bonchev–Trinajstić information content (AvgIpc) is 2.16. The number of hydrogen-bond acceptors (Lipinski definition) is 0. The SMILES string of the molecule is CC=CC(C)CC#C/C(Br)=C(\C)CC. The third-order valence-corrected chi connectivity index (χ3v) is 2.92. The third-order valence-electron chi connectivity index (χ3n) is 2.05. The lowest BCUT2D eigenvalue weighted by molar-refractivity contribution is 0.758. The number of rotatable bonds is 3. The van der Waals surface area contributed by atoms with Crippen molar-refractivity contribution in [2.75, 3.05) is 0 Å². The molecule has 0 heterocycles. The van der Waals surface area contributed by atoms with Crippen LogP contribution in [0.15, 0.2) is 22.2 Å². The molecule has 0 N–H and O–H groups in total. The fraction of sp³-hybridized carbons (Fsp3) is 0.538. The predicted octanol–water partition coefficient (Wildman–Crippen LogP) is 4.67. The van der Waals surface area contributed by atoms with Crippen molar-refractivity contribution in [3.8, 4) is 11.8 Å². The minimum absolute atomic E-state index is 0.551. The normalized spacial score (nSPS) is 14.6. The van der Waals surface area contributed by atoms with E-state index < -0.39 is 0 Å². The first-order valence-corrected chi connectivity index (χ1v) is 5.88. The molecule has 0 saturated carbocycles. The molecule has 0 aromatic rings. The smallest absolute Gasteiger partial charge is 0.0663 e. The van der Waals surface area contributed by atoms with Crippen LogP contribution in [0.4, 0.5) is 0 Å². The standard InChI is InChI=1S/C13H19Br/c1-5-8-11(3)9-7-10-13(14)12(4)6-2/h5,8,11H,6,9H2,1-4H3/b8-5?,13-12-. The summed E-state index contributed by atoms with van der Waals surface area (Å²) in [5.41, 5.74) is 1.32. The summed E-state index contributed by atoms with van der Waals surface area (Å²) in [6.07, 6.45) is 6.24. The quantitative estimate of drug-likeness (QED) is 0.507. The van der Waals surface area contributed by atoms with Gasteiger partial charge in [-0.3, -0.25) is 0 Å². The van der Waals surface area contributed by atoms with E-state index in [0.717, 1.165) is 17.3 Å². The number of hydrogen-bond donors (Lipinski definition) is 0. The van der Waals surface area contributed by atoms with Crippen LogP contribution in [-0.2, 0) is 0 Å². The van der Waals surface area contributed by atoms with E-state index in [1.54, 1.807) is 0 Å². The van der Waals surface area contributed by atoms with Gasteiger partial charge >= 0.3 is 0 Å². The van der Waals surface area contributed by atoms with Gasteiger partial charge in [-0.2, -0.15) is 0 Å².